The number of anilines is 2. The van der Waals surface area contributed by atoms with Gasteiger partial charge >= 0.3 is 6.18 Å². The molecule has 3 heterocycles. The molecule has 1 saturated heterocycles. The van der Waals surface area contributed by atoms with Crippen LogP contribution in [0.15, 0.2) is 30.3 Å². The Morgan fingerprint density at radius 3 is 2.37 bits per heavy atom. The van der Waals surface area contributed by atoms with E-state index in [4.69, 9.17) is 5.73 Å². The van der Waals surface area contributed by atoms with E-state index in [1.807, 2.05) is 4.90 Å². The molecule has 0 atom stereocenters. The fourth-order valence-electron chi connectivity index (χ4n) is 3.59. The van der Waals surface area contributed by atoms with Gasteiger partial charge in [0.15, 0.2) is 0 Å². The molecule has 1 aromatic carbocycles. The smallest absolute Gasteiger partial charge is 0.397 e. The molecule has 1 amide bonds. The number of nitrogens with zero attached hydrogens (tertiary/aromatic N) is 3. The first-order valence-electron chi connectivity index (χ1n) is 9.22. The average molecular weight is 438 g/mol. The van der Waals surface area contributed by atoms with Gasteiger partial charge in [0.25, 0.3) is 5.91 Å². The lowest BCUT2D eigenvalue weighted by Gasteiger charge is -2.36. The lowest BCUT2D eigenvalue weighted by atomic mass is 10.1. The maximum absolute atomic E-state index is 13.5. The molecule has 0 aliphatic carbocycles. The molecule has 2 aromatic heterocycles. The van der Waals surface area contributed by atoms with Crippen molar-refractivity contribution in [3.05, 3.63) is 52.3 Å². The van der Waals surface area contributed by atoms with Crippen LogP contribution in [0.4, 0.5) is 28.9 Å². The number of rotatable bonds is 2. The zero-order chi connectivity index (χ0) is 21.6. The maximum atomic E-state index is 13.5. The van der Waals surface area contributed by atoms with E-state index in [2.05, 4.69) is 4.98 Å². The lowest BCUT2D eigenvalue weighted by Crippen LogP contribution is -2.48. The van der Waals surface area contributed by atoms with Crippen molar-refractivity contribution in [2.24, 2.45) is 0 Å². The third kappa shape index (κ3) is 3.67. The number of benzene rings is 1. The summed E-state index contributed by atoms with van der Waals surface area (Å²) in [5.74, 6) is -0.727. The monoisotopic (exact) mass is 438 g/mol. The van der Waals surface area contributed by atoms with E-state index in [9.17, 15) is 22.4 Å². The normalized spacial score (nSPS) is 15.1. The maximum Gasteiger partial charge on any atom is 0.417 e. The third-order valence-corrected chi connectivity index (χ3v) is 6.17. The molecular formula is C20H18F4N4OS. The average Bonchev–Trinajstić information content (AvgIpc) is 3.03. The van der Waals surface area contributed by atoms with E-state index in [0.29, 0.717) is 26.2 Å². The number of nitrogen functional groups attached to an aromatic ring is 1. The number of thiophene rings is 1. The first-order chi connectivity index (χ1) is 14.1. The molecule has 158 valence electrons. The summed E-state index contributed by atoms with van der Waals surface area (Å²) in [5.41, 5.74) is 6.01. The van der Waals surface area contributed by atoms with Crippen LogP contribution in [0.1, 0.15) is 20.9 Å². The lowest BCUT2D eigenvalue weighted by molar-refractivity contribution is -0.136. The van der Waals surface area contributed by atoms with Gasteiger partial charge in [-0.15, -0.1) is 11.3 Å². The van der Waals surface area contributed by atoms with E-state index in [-0.39, 0.29) is 32.3 Å². The zero-order valence-corrected chi connectivity index (χ0v) is 16.8. The minimum atomic E-state index is -4.59. The Morgan fingerprint density at radius 2 is 1.77 bits per heavy atom. The van der Waals surface area contributed by atoms with Crippen LogP contribution in [0.2, 0.25) is 0 Å². The molecule has 0 unspecified atom stereocenters. The van der Waals surface area contributed by atoms with Crippen molar-refractivity contribution in [2.45, 2.75) is 13.1 Å². The fraction of sp³-hybridized carbons (Fsp3) is 0.300. The van der Waals surface area contributed by atoms with E-state index in [0.717, 1.165) is 23.1 Å². The number of alkyl halides is 3. The van der Waals surface area contributed by atoms with Crippen LogP contribution in [0.3, 0.4) is 0 Å². The van der Waals surface area contributed by atoms with Gasteiger partial charge in [-0.2, -0.15) is 13.2 Å². The third-order valence-electron chi connectivity index (χ3n) is 5.09. The molecule has 1 fully saturated rings. The molecule has 4 rings (SSSR count). The van der Waals surface area contributed by atoms with E-state index >= 15 is 0 Å². The summed E-state index contributed by atoms with van der Waals surface area (Å²) in [6.07, 6.45) is -4.59. The van der Waals surface area contributed by atoms with Gasteiger partial charge in [0.1, 0.15) is 15.5 Å². The number of fused-ring (bicyclic) bond motifs is 1. The van der Waals surface area contributed by atoms with Crippen molar-refractivity contribution in [1.29, 1.82) is 0 Å². The molecule has 0 bridgehead atoms. The van der Waals surface area contributed by atoms with Crippen molar-refractivity contribution in [2.75, 3.05) is 36.8 Å². The summed E-state index contributed by atoms with van der Waals surface area (Å²) >= 11 is 0.886. The van der Waals surface area contributed by atoms with E-state index in [1.165, 1.54) is 19.1 Å². The highest BCUT2D eigenvalue weighted by Crippen LogP contribution is 2.42. The molecular weight excluding hydrogens is 420 g/mol. The van der Waals surface area contributed by atoms with Crippen LogP contribution < -0.4 is 10.6 Å². The first-order valence-corrected chi connectivity index (χ1v) is 10.0. The number of nitrogens with two attached hydrogens (primary N) is 1. The number of hydrogen-bond donors (Lipinski definition) is 1. The number of halogens is 4. The van der Waals surface area contributed by atoms with Crippen molar-refractivity contribution in [1.82, 2.24) is 9.88 Å². The molecule has 0 saturated carbocycles. The Balaban J connectivity index is 1.58. The number of aryl methyl sites for hydroxylation is 1. The summed E-state index contributed by atoms with van der Waals surface area (Å²) in [6.45, 7) is 3.27. The number of piperazine rings is 1. The zero-order valence-electron chi connectivity index (χ0n) is 16.0. The Kier molecular flexibility index (Phi) is 5.05. The number of hydrogen-bond acceptors (Lipinski definition) is 5. The van der Waals surface area contributed by atoms with Crippen molar-refractivity contribution in [3.8, 4) is 0 Å². The number of carbonyl (C=O) groups excluding carboxylic acids is 1. The van der Waals surface area contributed by atoms with Crippen LogP contribution in [-0.2, 0) is 6.18 Å². The standard InChI is InChI=1S/C20H18F4N4OS/c1-11-10-14(20(22,23)24)15-16(25)17(30-18(15)26-11)19(29)28-8-6-27(7-9-28)13-4-2-12(21)3-5-13/h2-5,10H,6-9,25H2,1H3. The molecule has 10 heteroatoms. The number of carbonyl (C=O) groups is 1. The molecule has 0 radical (unpaired) electrons. The topological polar surface area (TPSA) is 62.5 Å². The van der Waals surface area contributed by atoms with Crippen LogP contribution in [0.25, 0.3) is 10.2 Å². The van der Waals surface area contributed by atoms with Crippen molar-refractivity contribution < 1.29 is 22.4 Å². The van der Waals surface area contributed by atoms with Gasteiger partial charge in [-0.25, -0.2) is 9.37 Å². The number of amides is 1. The number of aromatic nitrogens is 1. The van der Waals surface area contributed by atoms with Crippen molar-refractivity contribution in [3.63, 3.8) is 0 Å². The largest absolute Gasteiger partial charge is 0.417 e. The fourth-order valence-corrected chi connectivity index (χ4v) is 4.72. The van der Waals surface area contributed by atoms with E-state index < -0.39 is 17.6 Å². The van der Waals surface area contributed by atoms with Gasteiger partial charge in [-0.05, 0) is 37.3 Å². The highest BCUT2D eigenvalue weighted by molar-refractivity contribution is 7.21. The minimum Gasteiger partial charge on any atom is -0.397 e. The molecule has 1 aliphatic heterocycles. The Morgan fingerprint density at radius 1 is 1.13 bits per heavy atom. The second-order valence-electron chi connectivity index (χ2n) is 7.09. The van der Waals surface area contributed by atoms with Gasteiger partial charge in [0.05, 0.1) is 11.3 Å². The molecule has 5 nitrogen and oxygen atoms in total. The second-order valence-corrected chi connectivity index (χ2v) is 8.09. The Bertz CT molecular complexity index is 1100. The van der Waals surface area contributed by atoms with Gasteiger partial charge < -0.3 is 15.5 Å². The molecule has 1 aliphatic rings. The van der Waals surface area contributed by atoms with E-state index in [1.54, 1.807) is 17.0 Å². The van der Waals surface area contributed by atoms with Crippen LogP contribution >= 0.6 is 11.3 Å². The van der Waals surface area contributed by atoms with Crippen LogP contribution in [0.5, 0.6) is 0 Å². The summed E-state index contributed by atoms with van der Waals surface area (Å²) in [7, 11) is 0. The summed E-state index contributed by atoms with van der Waals surface area (Å²) in [4.78, 5) is 20.9. The predicted octanol–water partition coefficient (Wildman–Crippen LogP) is 4.31. The second kappa shape index (κ2) is 7.42. The van der Waals surface area contributed by atoms with Gasteiger partial charge in [0.2, 0.25) is 0 Å². The minimum absolute atomic E-state index is 0.0730. The number of pyridine rings is 1. The van der Waals surface area contributed by atoms with Gasteiger partial charge in [0, 0.05) is 42.9 Å². The predicted molar refractivity (Wildman–Crippen MR) is 108 cm³/mol. The molecule has 2 N–H and O–H groups in total. The van der Waals surface area contributed by atoms with Crippen LogP contribution in [-0.4, -0.2) is 42.0 Å². The molecule has 3 aromatic rings. The first kappa shape index (κ1) is 20.4. The van der Waals surface area contributed by atoms with Crippen molar-refractivity contribution >= 4 is 38.8 Å². The summed E-state index contributed by atoms with van der Waals surface area (Å²) in [5, 5.41) is -0.216. The summed E-state index contributed by atoms with van der Waals surface area (Å²) in [6, 6.07) is 7.03. The Hall–Kier alpha value is -2.88. The highest BCUT2D eigenvalue weighted by Gasteiger charge is 2.36. The quantitative estimate of drug-likeness (QED) is 0.606. The Labute approximate surface area is 173 Å². The molecule has 30 heavy (non-hydrogen) atoms. The van der Waals surface area contributed by atoms with Gasteiger partial charge in [-0.3, -0.25) is 4.79 Å². The van der Waals surface area contributed by atoms with Gasteiger partial charge in [-0.1, -0.05) is 0 Å². The molecule has 0 spiro atoms. The van der Waals surface area contributed by atoms with Crippen LogP contribution in [0, 0.1) is 12.7 Å². The summed E-state index contributed by atoms with van der Waals surface area (Å²) < 4.78 is 53.5. The SMILES string of the molecule is Cc1cc(C(F)(F)F)c2c(N)c(C(=O)N3CCN(c4ccc(F)cc4)CC3)sc2n1. The highest BCUT2D eigenvalue weighted by atomic mass is 32.1.